The van der Waals surface area contributed by atoms with E-state index in [2.05, 4.69) is 18.7 Å². The third kappa shape index (κ3) is 2.21. The molecule has 4 unspecified atom stereocenters. The van der Waals surface area contributed by atoms with Gasteiger partial charge in [-0.1, -0.05) is 13.8 Å². The molecule has 3 heteroatoms. The van der Waals surface area contributed by atoms with Crippen LogP contribution >= 0.6 is 0 Å². The highest BCUT2D eigenvalue weighted by Gasteiger charge is 2.46. The summed E-state index contributed by atoms with van der Waals surface area (Å²) in [6.07, 6.45) is 7.43. The Bertz CT molecular complexity index is 285. The molecule has 104 valence electrons. The maximum absolute atomic E-state index is 6.22. The van der Waals surface area contributed by atoms with Crippen LogP contribution in [0.15, 0.2) is 0 Å². The molecule has 2 heterocycles. The summed E-state index contributed by atoms with van der Waals surface area (Å²) in [4.78, 5) is 2.70. The SMILES string of the molecule is CC1CC(C)CC(CN)(N2CC3CCC(C2)O3)C1. The molecule has 3 rings (SSSR count). The second kappa shape index (κ2) is 4.77. The Labute approximate surface area is 111 Å². The van der Waals surface area contributed by atoms with Crippen LogP contribution in [0, 0.1) is 11.8 Å². The number of fused-ring (bicyclic) bond motifs is 2. The maximum Gasteiger partial charge on any atom is 0.0707 e. The number of nitrogens with two attached hydrogens (primary N) is 1. The zero-order valence-corrected chi connectivity index (χ0v) is 11.9. The molecule has 0 radical (unpaired) electrons. The standard InChI is InChI=1S/C15H28N2O/c1-11-5-12(2)7-15(6-11,10-16)17-8-13-3-4-14(9-17)18-13/h11-14H,3-10,16H2,1-2H3. The van der Waals surface area contributed by atoms with Gasteiger partial charge < -0.3 is 10.5 Å². The Morgan fingerprint density at radius 3 is 2.17 bits per heavy atom. The quantitative estimate of drug-likeness (QED) is 0.817. The maximum atomic E-state index is 6.22. The van der Waals surface area contributed by atoms with Crippen molar-refractivity contribution >= 4 is 0 Å². The highest BCUT2D eigenvalue weighted by molar-refractivity contribution is 5.01. The van der Waals surface area contributed by atoms with Crippen LogP contribution in [0.25, 0.3) is 0 Å². The van der Waals surface area contributed by atoms with Gasteiger partial charge in [-0.3, -0.25) is 4.90 Å². The Hall–Kier alpha value is -0.120. The van der Waals surface area contributed by atoms with E-state index >= 15 is 0 Å². The average Bonchev–Trinajstić information content (AvgIpc) is 2.66. The van der Waals surface area contributed by atoms with Gasteiger partial charge in [0.25, 0.3) is 0 Å². The van der Waals surface area contributed by atoms with Crippen LogP contribution < -0.4 is 5.73 Å². The van der Waals surface area contributed by atoms with Crippen molar-refractivity contribution in [1.29, 1.82) is 0 Å². The molecule has 0 aromatic rings. The van der Waals surface area contributed by atoms with Gasteiger partial charge in [0.05, 0.1) is 12.2 Å². The van der Waals surface area contributed by atoms with E-state index in [4.69, 9.17) is 10.5 Å². The molecule has 4 atom stereocenters. The van der Waals surface area contributed by atoms with Crippen LogP contribution in [-0.4, -0.2) is 42.3 Å². The number of nitrogens with zero attached hydrogens (tertiary/aromatic N) is 1. The number of likely N-dealkylation sites (tertiary alicyclic amines) is 1. The lowest BCUT2D eigenvalue weighted by Gasteiger charge is -2.52. The van der Waals surface area contributed by atoms with Crippen molar-refractivity contribution in [2.45, 2.75) is 63.7 Å². The van der Waals surface area contributed by atoms with Crippen LogP contribution in [0.2, 0.25) is 0 Å². The summed E-state index contributed by atoms with van der Waals surface area (Å²) in [6, 6.07) is 0. The summed E-state index contributed by atoms with van der Waals surface area (Å²) in [5.41, 5.74) is 6.49. The number of hydrogen-bond donors (Lipinski definition) is 1. The van der Waals surface area contributed by atoms with Gasteiger partial charge in [-0.25, -0.2) is 0 Å². The second-order valence-electron chi connectivity index (χ2n) is 7.15. The first-order chi connectivity index (χ1) is 8.61. The summed E-state index contributed by atoms with van der Waals surface area (Å²) in [5.74, 6) is 1.63. The van der Waals surface area contributed by atoms with Gasteiger partial charge in [0.15, 0.2) is 0 Å². The van der Waals surface area contributed by atoms with E-state index in [9.17, 15) is 0 Å². The minimum atomic E-state index is 0.266. The summed E-state index contributed by atoms with van der Waals surface area (Å²) < 4.78 is 5.98. The highest BCUT2D eigenvalue weighted by atomic mass is 16.5. The molecule has 2 N–H and O–H groups in total. The minimum Gasteiger partial charge on any atom is -0.372 e. The van der Waals surface area contributed by atoms with Gasteiger partial charge >= 0.3 is 0 Å². The molecule has 2 aliphatic heterocycles. The van der Waals surface area contributed by atoms with Gasteiger partial charge in [-0.05, 0) is 43.9 Å². The lowest BCUT2D eigenvalue weighted by atomic mass is 9.70. The molecule has 2 bridgehead atoms. The lowest BCUT2D eigenvalue weighted by molar-refractivity contribution is -0.0944. The molecule has 3 nitrogen and oxygen atoms in total. The molecule has 0 spiro atoms. The summed E-state index contributed by atoms with van der Waals surface area (Å²) in [6.45, 7) is 7.85. The molecule has 1 saturated carbocycles. The van der Waals surface area contributed by atoms with Crippen molar-refractivity contribution < 1.29 is 4.74 Å². The van der Waals surface area contributed by atoms with Gasteiger partial charge in [0, 0.05) is 25.2 Å². The first-order valence-electron chi connectivity index (χ1n) is 7.72. The topological polar surface area (TPSA) is 38.5 Å². The average molecular weight is 252 g/mol. The largest absolute Gasteiger partial charge is 0.372 e. The molecule has 0 aromatic heterocycles. The Kier molecular flexibility index (Phi) is 3.41. The summed E-state index contributed by atoms with van der Waals surface area (Å²) in [7, 11) is 0. The molecular weight excluding hydrogens is 224 g/mol. The van der Waals surface area contributed by atoms with Crippen LogP contribution in [0.4, 0.5) is 0 Å². The van der Waals surface area contributed by atoms with Crippen LogP contribution in [0.1, 0.15) is 46.0 Å². The van der Waals surface area contributed by atoms with E-state index in [1.165, 1.54) is 32.1 Å². The Morgan fingerprint density at radius 2 is 1.67 bits per heavy atom. The first kappa shape index (κ1) is 12.9. The normalized spacial score (nSPS) is 49.5. The van der Waals surface area contributed by atoms with E-state index in [-0.39, 0.29) is 5.54 Å². The van der Waals surface area contributed by atoms with E-state index in [1.54, 1.807) is 0 Å². The second-order valence-corrected chi connectivity index (χ2v) is 7.15. The van der Waals surface area contributed by atoms with Crippen molar-refractivity contribution in [1.82, 2.24) is 4.90 Å². The van der Waals surface area contributed by atoms with Crippen LogP contribution in [-0.2, 0) is 4.74 Å². The number of ether oxygens (including phenoxy) is 1. The Morgan fingerprint density at radius 1 is 1.11 bits per heavy atom. The fraction of sp³-hybridized carbons (Fsp3) is 1.00. The summed E-state index contributed by atoms with van der Waals surface area (Å²) >= 11 is 0. The van der Waals surface area contributed by atoms with Gasteiger partial charge in [0.2, 0.25) is 0 Å². The minimum absolute atomic E-state index is 0.266. The number of hydrogen-bond acceptors (Lipinski definition) is 3. The van der Waals surface area contributed by atoms with Crippen molar-refractivity contribution in [3.63, 3.8) is 0 Å². The fourth-order valence-corrected chi connectivity index (χ4v) is 4.79. The molecular formula is C15H28N2O. The third-order valence-electron chi connectivity index (χ3n) is 5.36. The first-order valence-corrected chi connectivity index (χ1v) is 7.72. The molecule has 3 aliphatic rings. The molecule has 3 fully saturated rings. The third-order valence-corrected chi connectivity index (χ3v) is 5.36. The molecule has 2 saturated heterocycles. The zero-order valence-electron chi connectivity index (χ0n) is 11.9. The van der Waals surface area contributed by atoms with E-state index in [0.29, 0.717) is 12.2 Å². The smallest absolute Gasteiger partial charge is 0.0707 e. The van der Waals surface area contributed by atoms with Crippen molar-refractivity contribution in [2.24, 2.45) is 17.6 Å². The van der Waals surface area contributed by atoms with Crippen molar-refractivity contribution in [3.8, 4) is 0 Å². The molecule has 0 amide bonds. The molecule has 0 aromatic carbocycles. The van der Waals surface area contributed by atoms with Gasteiger partial charge in [-0.15, -0.1) is 0 Å². The van der Waals surface area contributed by atoms with Crippen LogP contribution in [0.5, 0.6) is 0 Å². The lowest BCUT2D eigenvalue weighted by Crippen LogP contribution is -2.62. The highest BCUT2D eigenvalue weighted by Crippen LogP contribution is 2.42. The van der Waals surface area contributed by atoms with Crippen molar-refractivity contribution in [2.75, 3.05) is 19.6 Å². The van der Waals surface area contributed by atoms with Crippen LogP contribution in [0.3, 0.4) is 0 Å². The van der Waals surface area contributed by atoms with E-state index in [1.807, 2.05) is 0 Å². The van der Waals surface area contributed by atoms with E-state index < -0.39 is 0 Å². The zero-order chi connectivity index (χ0) is 12.8. The number of morpholine rings is 1. The number of rotatable bonds is 2. The predicted molar refractivity (Wildman–Crippen MR) is 73.4 cm³/mol. The fourth-order valence-electron chi connectivity index (χ4n) is 4.79. The summed E-state index contributed by atoms with van der Waals surface area (Å²) in [5, 5.41) is 0. The van der Waals surface area contributed by atoms with E-state index in [0.717, 1.165) is 31.5 Å². The monoisotopic (exact) mass is 252 g/mol. The molecule has 1 aliphatic carbocycles. The van der Waals surface area contributed by atoms with Gasteiger partial charge in [0.1, 0.15) is 0 Å². The molecule has 18 heavy (non-hydrogen) atoms. The van der Waals surface area contributed by atoms with Gasteiger partial charge in [-0.2, -0.15) is 0 Å². The predicted octanol–water partition coefficient (Wildman–Crippen LogP) is 2.00. The Balaban J connectivity index is 1.78. The van der Waals surface area contributed by atoms with Crippen molar-refractivity contribution in [3.05, 3.63) is 0 Å².